The molecule has 0 spiro atoms. The van der Waals surface area contributed by atoms with E-state index in [9.17, 15) is 14.0 Å². The normalized spacial score (nSPS) is 12.3. The largest absolute Gasteiger partial charge is 0.494 e. The fraction of sp³-hybridized carbons (Fsp3) is 0.231. The van der Waals surface area contributed by atoms with Gasteiger partial charge in [-0.15, -0.1) is 0 Å². The van der Waals surface area contributed by atoms with Gasteiger partial charge in [-0.25, -0.2) is 9.18 Å². The number of ether oxygens (including phenoxy) is 1. The minimum absolute atomic E-state index is 0.0585. The molecule has 170 valence electrons. The van der Waals surface area contributed by atoms with Gasteiger partial charge in [-0.2, -0.15) is 0 Å². The lowest BCUT2D eigenvalue weighted by Gasteiger charge is -2.19. The summed E-state index contributed by atoms with van der Waals surface area (Å²) in [6.45, 7) is 0.952. The van der Waals surface area contributed by atoms with Gasteiger partial charge in [0.25, 0.3) is 0 Å². The number of benzene rings is 3. The number of para-hydroxylation sites is 1. The van der Waals surface area contributed by atoms with E-state index in [1.807, 2.05) is 35.2 Å². The van der Waals surface area contributed by atoms with E-state index in [1.54, 1.807) is 25.2 Å². The summed E-state index contributed by atoms with van der Waals surface area (Å²) in [6, 6.07) is 19.5. The third-order valence-corrected chi connectivity index (χ3v) is 5.73. The Morgan fingerprint density at radius 1 is 1.06 bits per heavy atom. The number of fused-ring (bicyclic) bond motifs is 1. The first-order chi connectivity index (χ1) is 15.9. The number of nitrogens with one attached hydrogen (secondary N) is 1. The zero-order chi connectivity index (χ0) is 23.4. The summed E-state index contributed by atoms with van der Waals surface area (Å²) in [7, 11) is 3.04. The molecule has 3 aromatic rings. The summed E-state index contributed by atoms with van der Waals surface area (Å²) in [5, 5.41) is 2.82. The van der Waals surface area contributed by atoms with Crippen molar-refractivity contribution in [1.82, 2.24) is 4.90 Å². The van der Waals surface area contributed by atoms with Crippen molar-refractivity contribution in [2.75, 3.05) is 30.9 Å². The number of amides is 3. The highest BCUT2D eigenvalue weighted by Crippen LogP contribution is 2.28. The quantitative estimate of drug-likeness (QED) is 0.599. The van der Waals surface area contributed by atoms with Crippen molar-refractivity contribution in [3.8, 4) is 5.75 Å². The van der Waals surface area contributed by atoms with E-state index < -0.39 is 5.82 Å². The first-order valence-electron chi connectivity index (χ1n) is 10.8. The van der Waals surface area contributed by atoms with Gasteiger partial charge in [-0.05, 0) is 53.4 Å². The molecule has 0 unspecified atom stereocenters. The van der Waals surface area contributed by atoms with Gasteiger partial charge in [0.1, 0.15) is 0 Å². The molecule has 1 aliphatic heterocycles. The summed E-state index contributed by atoms with van der Waals surface area (Å²) >= 11 is 0. The molecule has 0 fully saturated rings. The molecule has 33 heavy (non-hydrogen) atoms. The molecule has 0 radical (unpaired) electrons. The van der Waals surface area contributed by atoms with Crippen molar-refractivity contribution < 1.29 is 18.7 Å². The van der Waals surface area contributed by atoms with E-state index in [-0.39, 0.29) is 24.2 Å². The Hall–Kier alpha value is -3.87. The molecule has 4 rings (SSSR count). The van der Waals surface area contributed by atoms with Crippen LogP contribution < -0.4 is 15.0 Å². The van der Waals surface area contributed by atoms with Crippen LogP contribution in [0.3, 0.4) is 0 Å². The minimum Gasteiger partial charge on any atom is -0.494 e. The van der Waals surface area contributed by atoms with Crippen LogP contribution in [0.4, 0.5) is 20.6 Å². The van der Waals surface area contributed by atoms with Crippen molar-refractivity contribution in [1.29, 1.82) is 0 Å². The minimum atomic E-state index is -0.466. The van der Waals surface area contributed by atoms with Gasteiger partial charge in [0.15, 0.2) is 11.6 Å². The standard InChI is InChI=1S/C26H26FN3O3/c1-29(17-19-9-12-24(33-2)22(27)15-19)26(32)28-21-10-7-18(8-11-21)16-25(31)30-14-13-20-5-3-4-6-23(20)30/h3-12,15H,13-14,16-17H2,1-2H3,(H,28,32). The van der Waals surface area contributed by atoms with E-state index >= 15 is 0 Å². The number of hydrogen-bond donors (Lipinski definition) is 1. The lowest BCUT2D eigenvalue weighted by molar-refractivity contribution is -0.117. The van der Waals surface area contributed by atoms with Crippen LogP contribution in [0.15, 0.2) is 66.7 Å². The van der Waals surface area contributed by atoms with Crippen LogP contribution in [0.1, 0.15) is 16.7 Å². The predicted octanol–water partition coefficient (Wildman–Crippen LogP) is 4.63. The first-order valence-corrected chi connectivity index (χ1v) is 10.8. The summed E-state index contributed by atoms with van der Waals surface area (Å²) in [5.41, 5.74) is 4.35. The third-order valence-electron chi connectivity index (χ3n) is 5.73. The molecule has 0 saturated heterocycles. The number of urea groups is 1. The zero-order valence-corrected chi connectivity index (χ0v) is 18.7. The Morgan fingerprint density at radius 3 is 2.52 bits per heavy atom. The van der Waals surface area contributed by atoms with Crippen LogP contribution in [-0.2, 0) is 24.2 Å². The van der Waals surface area contributed by atoms with Crippen molar-refractivity contribution in [3.63, 3.8) is 0 Å². The maximum Gasteiger partial charge on any atom is 0.321 e. The van der Waals surface area contributed by atoms with Crippen LogP contribution in [0.2, 0.25) is 0 Å². The molecule has 0 bridgehead atoms. The molecule has 3 aromatic carbocycles. The molecule has 7 heteroatoms. The van der Waals surface area contributed by atoms with Gasteiger partial charge in [0.2, 0.25) is 5.91 Å². The van der Waals surface area contributed by atoms with Crippen LogP contribution in [0.25, 0.3) is 0 Å². The smallest absolute Gasteiger partial charge is 0.321 e. The summed E-state index contributed by atoms with van der Waals surface area (Å²) in [5.74, 6) is -0.243. The zero-order valence-electron chi connectivity index (χ0n) is 18.7. The number of anilines is 2. The molecular formula is C26H26FN3O3. The molecule has 1 aliphatic rings. The van der Waals surface area contributed by atoms with Crippen LogP contribution in [0.5, 0.6) is 5.75 Å². The molecule has 0 aliphatic carbocycles. The molecule has 0 aromatic heterocycles. The number of carbonyl (C=O) groups is 2. The number of methoxy groups -OCH3 is 1. The van der Waals surface area contributed by atoms with Crippen molar-refractivity contribution in [2.24, 2.45) is 0 Å². The summed E-state index contributed by atoms with van der Waals surface area (Å²) < 4.78 is 18.8. The first kappa shape index (κ1) is 22.3. The summed E-state index contributed by atoms with van der Waals surface area (Å²) in [6.07, 6.45) is 1.18. The maximum absolute atomic E-state index is 13.9. The number of carbonyl (C=O) groups excluding carboxylic acids is 2. The average molecular weight is 448 g/mol. The van der Waals surface area contributed by atoms with Crippen LogP contribution in [0, 0.1) is 5.82 Å². The Balaban J connectivity index is 1.32. The van der Waals surface area contributed by atoms with Gasteiger partial charge < -0.3 is 19.9 Å². The molecule has 1 N–H and O–H groups in total. The third kappa shape index (κ3) is 5.14. The van der Waals surface area contributed by atoms with E-state index in [0.717, 1.165) is 17.7 Å². The predicted molar refractivity (Wildman–Crippen MR) is 126 cm³/mol. The second kappa shape index (κ2) is 9.73. The number of rotatable bonds is 6. The topological polar surface area (TPSA) is 61.9 Å². The Morgan fingerprint density at radius 2 is 1.79 bits per heavy atom. The van der Waals surface area contributed by atoms with Crippen LogP contribution in [-0.4, -0.2) is 37.5 Å². The molecule has 1 heterocycles. The molecular weight excluding hydrogens is 421 g/mol. The second-order valence-electron chi connectivity index (χ2n) is 8.05. The van der Waals surface area contributed by atoms with Gasteiger partial charge >= 0.3 is 6.03 Å². The number of halogens is 1. The fourth-order valence-corrected chi connectivity index (χ4v) is 3.95. The van der Waals surface area contributed by atoms with Crippen molar-refractivity contribution in [2.45, 2.75) is 19.4 Å². The lowest BCUT2D eigenvalue weighted by atomic mass is 10.1. The van der Waals surface area contributed by atoms with E-state index in [1.165, 1.54) is 29.7 Å². The Labute approximate surface area is 192 Å². The summed E-state index contributed by atoms with van der Waals surface area (Å²) in [4.78, 5) is 28.6. The van der Waals surface area contributed by atoms with Crippen LogP contribution >= 0.6 is 0 Å². The molecule has 3 amide bonds. The van der Waals surface area contributed by atoms with Gasteiger partial charge in [-0.1, -0.05) is 36.4 Å². The van der Waals surface area contributed by atoms with E-state index in [0.29, 0.717) is 24.2 Å². The Bertz CT molecular complexity index is 1160. The Kier molecular flexibility index (Phi) is 6.58. The molecule has 0 saturated carbocycles. The van der Waals surface area contributed by atoms with Crippen molar-refractivity contribution in [3.05, 3.63) is 89.2 Å². The number of hydrogen-bond acceptors (Lipinski definition) is 3. The van der Waals surface area contributed by atoms with E-state index in [4.69, 9.17) is 4.74 Å². The highest BCUT2D eigenvalue weighted by atomic mass is 19.1. The molecule has 0 atom stereocenters. The second-order valence-corrected chi connectivity index (χ2v) is 8.05. The van der Waals surface area contributed by atoms with E-state index in [2.05, 4.69) is 11.4 Å². The SMILES string of the molecule is COc1ccc(CN(C)C(=O)Nc2ccc(CC(=O)N3CCc4ccccc43)cc2)cc1F. The maximum atomic E-state index is 13.9. The monoisotopic (exact) mass is 447 g/mol. The van der Waals surface area contributed by atoms with Gasteiger partial charge in [0.05, 0.1) is 13.5 Å². The highest BCUT2D eigenvalue weighted by Gasteiger charge is 2.24. The average Bonchev–Trinajstić information content (AvgIpc) is 3.25. The fourth-order valence-electron chi connectivity index (χ4n) is 3.95. The highest BCUT2D eigenvalue weighted by molar-refractivity contribution is 5.96. The van der Waals surface area contributed by atoms with Gasteiger partial charge in [0, 0.05) is 31.5 Å². The number of nitrogens with zero attached hydrogens (tertiary/aromatic N) is 2. The van der Waals surface area contributed by atoms with Crippen molar-refractivity contribution >= 4 is 23.3 Å². The molecule has 6 nitrogen and oxygen atoms in total. The van der Waals surface area contributed by atoms with Gasteiger partial charge in [-0.3, -0.25) is 4.79 Å². The lowest BCUT2D eigenvalue weighted by Crippen LogP contribution is -2.31.